The van der Waals surface area contributed by atoms with Gasteiger partial charge in [0, 0.05) is 42.0 Å². The number of nitrogens with zero attached hydrogens (tertiary/aromatic N) is 3. The minimum absolute atomic E-state index is 0.0933. The highest BCUT2D eigenvalue weighted by atomic mass is 35.5. The van der Waals surface area contributed by atoms with Crippen LogP contribution in [0.5, 0.6) is 0 Å². The van der Waals surface area contributed by atoms with Crippen molar-refractivity contribution in [2.75, 3.05) is 36.2 Å². The third-order valence-corrected chi connectivity index (χ3v) is 8.96. The van der Waals surface area contributed by atoms with Crippen LogP contribution in [0, 0.1) is 5.82 Å². The Morgan fingerprint density at radius 3 is 2.61 bits per heavy atom. The first-order valence-corrected chi connectivity index (χ1v) is 13.0. The number of hydrogen-bond donors (Lipinski definition) is 2. The molecule has 166 valence electrons. The number of halogens is 2. The summed E-state index contributed by atoms with van der Waals surface area (Å²) in [6, 6.07) is 2.66. The van der Waals surface area contributed by atoms with Crippen LogP contribution in [0.1, 0.15) is 37.7 Å². The second-order valence-corrected chi connectivity index (χ2v) is 11.6. The van der Waals surface area contributed by atoms with Crippen molar-refractivity contribution in [3.05, 3.63) is 34.0 Å². The molecule has 7 nitrogen and oxygen atoms in total. The molecule has 0 bridgehead atoms. The van der Waals surface area contributed by atoms with Crippen LogP contribution in [-0.2, 0) is 10.0 Å². The molecule has 31 heavy (non-hydrogen) atoms. The monoisotopic (exact) mass is 483 g/mol. The van der Waals surface area contributed by atoms with Gasteiger partial charge in [0.15, 0.2) is 5.13 Å². The molecule has 1 aromatic heterocycles. The Hall–Kier alpha value is -1.75. The van der Waals surface area contributed by atoms with Crippen molar-refractivity contribution >= 4 is 49.5 Å². The molecule has 0 aliphatic carbocycles. The van der Waals surface area contributed by atoms with Gasteiger partial charge in [0.25, 0.3) is 10.0 Å². The van der Waals surface area contributed by atoms with Gasteiger partial charge in [-0.25, -0.2) is 17.8 Å². The molecule has 2 saturated heterocycles. The molecule has 0 saturated carbocycles. The number of rotatable bonds is 7. The summed E-state index contributed by atoms with van der Waals surface area (Å²) in [5.74, 6) is -0.812. The van der Waals surface area contributed by atoms with E-state index in [0.29, 0.717) is 28.7 Å². The van der Waals surface area contributed by atoms with Gasteiger partial charge >= 0.3 is 0 Å². The van der Waals surface area contributed by atoms with Gasteiger partial charge in [-0.05, 0) is 50.9 Å². The predicted octanol–water partition coefficient (Wildman–Crippen LogP) is 3.97. The van der Waals surface area contributed by atoms with Crippen molar-refractivity contribution < 1.29 is 12.8 Å². The quantitative estimate of drug-likeness (QED) is 0.622. The molecule has 0 spiro atoms. The molecular formula is C20H23ClFN5O2S2. The second kappa shape index (κ2) is 7.99. The first-order valence-electron chi connectivity index (χ1n) is 10.4. The lowest BCUT2D eigenvalue weighted by molar-refractivity contribution is 0.209. The Balaban J connectivity index is 1.45. The first kappa shape index (κ1) is 21.1. The molecule has 0 amide bonds. The van der Waals surface area contributed by atoms with Crippen LogP contribution >= 0.6 is 22.9 Å². The Kier molecular flexibility index (Phi) is 5.44. The zero-order chi connectivity index (χ0) is 21.6. The van der Waals surface area contributed by atoms with E-state index >= 15 is 4.39 Å². The smallest absolute Gasteiger partial charge is 0.266 e. The van der Waals surface area contributed by atoms with Gasteiger partial charge < -0.3 is 5.32 Å². The van der Waals surface area contributed by atoms with Crippen LogP contribution in [0.15, 0.2) is 28.2 Å². The van der Waals surface area contributed by atoms with Gasteiger partial charge in [-0.1, -0.05) is 22.9 Å². The van der Waals surface area contributed by atoms with Gasteiger partial charge in [0.2, 0.25) is 0 Å². The number of fused-ring (bicyclic) bond motifs is 1. The molecular weight excluding hydrogens is 461 g/mol. The van der Waals surface area contributed by atoms with Crippen LogP contribution in [0.2, 0.25) is 4.34 Å². The number of sulfonamides is 1. The molecule has 0 radical (unpaired) electrons. The molecule has 0 unspecified atom stereocenters. The lowest BCUT2D eigenvalue weighted by Crippen LogP contribution is -2.44. The summed E-state index contributed by atoms with van der Waals surface area (Å²) in [6.45, 7) is 3.63. The van der Waals surface area contributed by atoms with Gasteiger partial charge in [0.05, 0.1) is 6.20 Å². The molecule has 5 rings (SSSR count). The van der Waals surface area contributed by atoms with E-state index in [9.17, 15) is 8.42 Å². The number of nitrogens with one attached hydrogen (secondary N) is 2. The van der Waals surface area contributed by atoms with Gasteiger partial charge in [-0.2, -0.15) is 0 Å². The van der Waals surface area contributed by atoms with Crippen molar-refractivity contribution in [3.8, 4) is 0 Å². The lowest BCUT2D eigenvalue weighted by Gasteiger charge is -2.33. The highest BCUT2D eigenvalue weighted by Gasteiger charge is 2.44. The zero-order valence-corrected chi connectivity index (χ0v) is 19.2. The van der Waals surface area contributed by atoms with E-state index in [1.54, 1.807) is 0 Å². The second-order valence-electron chi connectivity index (χ2n) is 8.25. The summed E-state index contributed by atoms with van der Waals surface area (Å²) in [6.07, 6.45) is 6.71. The minimum Gasteiger partial charge on any atom is -0.383 e. The summed E-state index contributed by atoms with van der Waals surface area (Å²) in [5, 5.41) is 3.53. The third kappa shape index (κ3) is 3.94. The number of aliphatic imine (C=N–C) groups is 1. The molecule has 4 heterocycles. The molecule has 0 atom stereocenters. The topological polar surface area (TPSA) is 86.7 Å². The van der Waals surface area contributed by atoms with E-state index in [4.69, 9.17) is 11.6 Å². The van der Waals surface area contributed by atoms with E-state index in [2.05, 4.69) is 24.9 Å². The third-order valence-electron chi connectivity index (χ3n) is 6.44. The SMILES string of the molecule is O=S(=O)(Nc1ncc(Cl)s1)c1cc(C2=NCC2)c(NCC23CCCN2CCC3)cc1F. The van der Waals surface area contributed by atoms with Crippen molar-refractivity contribution in [1.29, 1.82) is 0 Å². The Labute approximate surface area is 189 Å². The molecule has 2 aromatic rings. The average molecular weight is 484 g/mol. The Morgan fingerprint density at radius 1 is 1.26 bits per heavy atom. The van der Waals surface area contributed by atoms with Crippen LogP contribution < -0.4 is 10.0 Å². The predicted molar refractivity (Wildman–Crippen MR) is 122 cm³/mol. The number of thiazole rings is 1. The van der Waals surface area contributed by atoms with E-state index in [1.807, 2.05) is 0 Å². The van der Waals surface area contributed by atoms with E-state index in [1.165, 1.54) is 31.2 Å². The molecule has 3 aliphatic heterocycles. The fraction of sp³-hybridized carbons (Fsp3) is 0.500. The van der Waals surface area contributed by atoms with E-state index < -0.39 is 20.7 Å². The van der Waals surface area contributed by atoms with Gasteiger partial charge in [-0.3, -0.25) is 14.6 Å². The van der Waals surface area contributed by atoms with Crippen molar-refractivity contribution in [2.45, 2.75) is 42.5 Å². The Bertz CT molecular complexity index is 1140. The molecule has 3 aliphatic rings. The number of aromatic nitrogens is 1. The van der Waals surface area contributed by atoms with E-state index in [0.717, 1.165) is 49.4 Å². The normalized spacial score (nSPS) is 20.3. The lowest BCUT2D eigenvalue weighted by atomic mass is 9.93. The largest absolute Gasteiger partial charge is 0.383 e. The summed E-state index contributed by atoms with van der Waals surface area (Å²) < 4.78 is 43.4. The number of anilines is 2. The summed E-state index contributed by atoms with van der Waals surface area (Å²) in [7, 11) is -4.16. The van der Waals surface area contributed by atoms with Crippen LogP contribution in [0.4, 0.5) is 15.2 Å². The highest BCUT2D eigenvalue weighted by Crippen LogP contribution is 2.39. The number of benzene rings is 1. The van der Waals surface area contributed by atoms with Gasteiger partial charge in [-0.15, -0.1) is 0 Å². The van der Waals surface area contributed by atoms with Crippen LogP contribution in [-0.4, -0.2) is 55.7 Å². The fourth-order valence-electron chi connectivity index (χ4n) is 4.83. The summed E-state index contributed by atoms with van der Waals surface area (Å²) in [5.41, 5.74) is 2.15. The standard InChI is InChI=1S/C20H23ClFN5O2S2/c21-18-11-24-19(30-18)26-31(28,29)17-9-13(15-3-6-23-15)16(10-14(17)22)25-12-20-4-1-7-27(20)8-2-5-20/h9-11,25H,1-8,12H2,(H,24,26). The first-order chi connectivity index (χ1) is 14.9. The minimum atomic E-state index is -4.16. The molecule has 11 heteroatoms. The van der Waals surface area contributed by atoms with Crippen LogP contribution in [0.3, 0.4) is 0 Å². The van der Waals surface area contributed by atoms with Crippen molar-refractivity contribution in [2.24, 2.45) is 4.99 Å². The number of hydrogen-bond acceptors (Lipinski definition) is 7. The summed E-state index contributed by atoms with van der Waals surface area (Å²) in [4.78, 5) is 10.4. The summed E-state index contributed by atoms with van der Waals surface area (Å²) >= 11 is 6.80. The van der Waals surface area contributed by atoms with Crippen LogP contribution in [0.25, 0.3) is 0 Å². The average Bonchev–Trinajstić information content (AvgIpc) is 3.35. The zero-order valence-electron chi connectivity index (χ0n) is 16.8. The maximum atomic E-state index is 15.0. The van der Waals surface area contributed by atoms with Gasteiger partial charge in [0.1, 0.15) is 15.0 Å². The maximum Gasteiger partial charge on any atom is 0.266 e. The Morgan fingerprint density at radius 2 is 2.00 bits per heavy atom. The van der Waals surface area contributed by atoms with E-state index in [-0.39, 0.29) is 10.7 Å². The fourth-order valence-corrected chi connectivity index (χ4v) is 6.97. The van der Waals surface area contributed by atoms with Crippen molar-refractivity contribution in [3.63, 3.8) is 0 Å². The molecule has 2 N–H and O–H groups in total. The maximum absolute atomic E-state index is 15.0. The van der Waals surface area contributed by atoms with Crippen molar-refractivity contribution in [1.82, 2.24) is 9.88 Å². The molecule has 1 aromatic carbocycles. The highest BCUT2D eigenvalue weighted by molar-refractivity contribution is 7.93. The molecule has 2 fully saturated rings.